The summed E-state index contributed by atoms with van der Waals surface area (Å²) in [4.78, 5) is 19.4. The summed E-state index contributed by atoms with van der Waals surface area (Å²) in [7, 11) is 1.66. The van der Waals surface area contributed by atoms with Gasteiger partial charge < -0.3 is 24.8 Å². The fourth-order valence-corrected chi connectivity index (χ4v) is 4.88. The Kier molecular flexibility index (Phi) is 6.95. The maximum absolute atomic E-state index is 12.7. The molecule has 0 saturated carbocycles. The SMILES string of the molecule is COc1ccc(-n2cccc2C2C(c3ccccn3)NC(=S)N2CCC(=O)Nc2ccccc2)cc1. The van der Waals surface area contributed by atoms with Gasteiger partial charge >= 0.3 is 0 Å². The van der Waals surface area contributed by atoms with Crippen LogP contribution in [0.25, 0.3) is 5.69 Å². The van der Waals surface area contributed by atoms with Gasteiger partial charge in [-0.1, -0.05) is 24.3 Å². The molecule has 8 heteroatoms. The minimum Gasteiger partial charge on any atom is -0.497 e. The third-order valence-electron chi connectivity index (χ3n) is 6.27. The Hall–Kier alpha value is -4.17. The van der Waals surface area contributed by atoms with Crippen molar-refractivity contribution in [2.75, 3.05) is 19.0 Å². The molecule has 1 aliphatic heterocycles. The number of hydrogen-bond acceptors (Lipinski definition) is 4. The Morgan fingerprint density at radius 1 is 1.03 bits per heavy atom. The number of hydrogen-bond donors (Lipinski definition) is 2. The van der Waals surface area contributed by atoms with Gasteiger partial charge in [-0.15, -0.1) is 0 Å². The molecular weight excluding hydrogens is 470 g/mol. The van der Waals surface area contributed by atoms with E-state index < -0.39 is 0 Å². The Bertz CT molecular complexity index is 1330. The van der Waals surface area contributed by atoms with Crippen molar-refractivity contribution in [3.63, 3.8) is 0 Å². The number of nitrogens with one attached hydrogen (secondary N) is 2. The van der Waals surface area contributed by atoms with Crippen LogP contribution in [-0.4, -0.2) is 39.1 Å². The number of nitrogens with zero attached hydrogens (tertiary/aromatic N) is 3. The summed E-state index contributed by atoms with van der Waals surface area (Å²) in [5.41, 5.74) is 3.73. The summed E-state index contributed by atoms with van der Waals surface area (Å²) < 4.78 is 7.47. The molecule has 36 heavy (non-hydrogen) atoms. The molecule has 2 aromatic heterocycles. The van der Waals surface area contributed by atoms with Gasteiger partial charge in [0.2, 0.25) is 5.91 Å². The third kappa shape index (κ3) is 4.94. The summed E-state index contributed by atoms with van der Waals surface area (Å²) in [6, 6.07) is 27.1. The first-order valence-electron chi connectivity index (χ1n) is 11.8. The van der Waals surface area contributed by atoms with Crippen molar-refractivity contribution >= 4 is 28.9 Å². The number of anilines is 1. The van der Waals surface area contributed by atoms with Crippen molar-refractivity contribution in [3.8, 4) is 11.4 Å². The largest absolute Gasteiger partial charge is 0.497 e. The topological polar surface area (TPSA) is 71.4 Å². The number of ether oxygens (including phenoxy) is 1. The van der Waals surface area contributed by atoms with Crippen LogP contribution in [0, 0.1) is 0 Å². The van der Waals surface area contributed by atoms with E-state index in [-0.39, 0.29) is 18.0 Å². The highest BCUT2D eigenvalue weighted by Gasteiger charge is 2.41. The summed E-state index contributed by atoms with van der Waals surface area (Å²) in [6.45, 7) is 0.465. The van der Waals surface area contributed by atoms with Gasteiger partial charge in [0.1, 0.15) is 5.75 Å². The molecule has 1 aliphatic rings. The van der Waals surface area contributed by atoms with Crippen LogP contribution in [0.2, 0.25) is 0 Å². The van der Waals surface area contributed by atoms with E-state index in [0.29, 0.717) is 18.1 Å². The molecule has 0 radical (unpaired) electrons. The number of methoxy groups -OCH3 is 1. The third-order valence-corrected chi connectivity index (χ3v) is 6.62. The van der Waals surface area contributed by atoms with Crippen LogP contribution in [0.5, 0.6) is 5.75 Å². The number of rotatable bonds is 8. The maximum atomic E-state index is 12.7. The van der Waals surface area contributed by atoms with E-state index in [1.165, 1.54) is 0 Å². The van der Waals surface area contributed by atoms with Crippen molar-refractivity contribution in [1.82, 2.24) is 19.8 Å². The molecule has 0 spiro atoms. The van der Waals surface area contributed by atoms with Crippen molar-refractivity contribution in [3.05, 3.63) is 109 Å². The van der Waals surface area contributed by atoms with Crippen LogP contribution in [0.15, 0.2) is 97.3 Å². The number of carbonyl (C=O) groups is 1. The summed E-state index contributed by atoms with van der Waals surface area (Å²) in [5.74, 6) is 0.739. The molecule has 4 aromatic rings. The van der Waals surface area contributed by atoms with Gasteiger partial charge in [0.05, 0.1) is 24.9 Å². The van der Waals surface area contributed by atoms with Gasteiger partial charge in [-0.05, 0) is 72.9 Å². The van der Waals surface area contributed by atoms with E-state index in [1.54, 1.807) is 13.3 Å². The molecule has 1 amide bonds. The lowest BCUT2D eigenvalue weighted by Crippen LogP contribution is -2.33. The smallest absolute Gasteiger partial charge is 0.226 e. The Labute approximate surface area is 215 Å². The summed E-state index contributed by atoms with van der Waals surface area (Å²) in [6.07, 6.45) is 4.12. The number of aromatic nitrogens is 2. The van der Waals surface area contributed by atoms with Gasteiger partial charge in [-0.3, -0.25) is 9.78 Å². The second-order valence-corrected chi connectivity index (χ2v) is 8.87. The van der Waals surface area contributed by atoms with Crippen LogP contribution < -0.4 is 15.4 Å². The maximum Gasteiger partial charge on any atom is 0.226 e. The molecule has 0 aliphatic carbocycles. The van der Waals surface area contributed by atoms with Gasteiger partial charge in [-0.2, -0.15) is 0 Å². The highest BCUT2D eigenvalue weighted by atomic mass is 32.1. The van der Waals surface area contributed by atoms with E-state index in [0.717, 1.165) is 28.5 Å². The summed E-state index contributed by atoms with van der Waals surface area (Å²) in [5, 5.41) is 7.02. The molecular formula is C28H27N5O2S. The Balaban J connectivity index is 1.44. The average molecular weight is 498 g/mol. The highest BCUT2D eigenvalue weighted by molar-refractivity contribution is 7.80. The van der Waals surface area contributed by atoms with Crippen molar-refractivity contribution in [2.45, 2.75) is 18.5 Å². The molecule has 0 bridgehead atoms. The molecule has 182 valence electrons. The molecule has 2 aromatic carbocycles. The first kappa shape index (κ1) is 23.6. The van der Waals surface area contributed by atoms with Crippen molar-refractivity contribution in [1.29, 1.82) is 0 Å². The fourth-order valence-electron chi connectivity index (χ4n) is 4.55. The van der Waals surface area contributed by atoms with Crippen molar-refractivity contribution in [2.24, 2.45) is 0 Å². The lowest BCUT2D eigenvalue weighted by atomic mass is 10.0. The van der Waals surface area contributed by atoms with Crippen LogP contribution in [-0.2, 0) is 4.79 Å². The normalized spacial score (nSPS) is 17.0. The van der Waals surface area contributed by atoms with Gasteiger partial charge in [0, 0.05) is 42.4 Å². The van der Waals surface area contributed by atoms with E-state index in [9.17, 15) is 4.79 Å². The minimum absolute atomic E-state index is 0.0606. The lowest BCUT2D eigenvalue weighted by molar-refractivity contribution is -0.116. The van der Waals surface area contributed by atoms with Gasteiger partial charge in [0.15, 0.2) is 5.11 Å². The predicted molar refractivity (Wildman–Crippen MR) is 144 cm³/mol. The number of carbonyl (C=O) groups excluding carboxylic acids is 1. The van der Waals surface area contributed by atoms with E-state index in [2.05, 4.69) is 31.2 Å². The van der Waals surface area contributed by atoms with Gasteiger partial charge in [-0.25, -0.2) is 0 Å². The number of benzene rings is 2. The minimum atomic E-state index is -0.164. The van der Waals surface area contributed by atoms with Crippen LogP contribution in [0.4, 0.5) is 5.69 Å². The Morgan fingerprint density at radius 2 is 1.81 bits per heavy atom. The van der Waals surface area contributed by atoms with E-state index >= 15 is 0 Å². The van der Waals surface area contributed by atoms with Crippen LogP contribution >= 0.6 is 12.2 Å². The number of amides is 1. The summed E-state index contributed by atoms with van der Waals surface area (Å²) >= 11 is 5.77. The van der Waals surface area contributed by atoms with Crippen LogP contribution in [0.3, 0.4) is 0 Å². The molecule has 1 fully saturated rings. The molecule has 2 atom stereocenters. The zero-order valence-corrected chi connectivity index (χ0v) is 20.7. The molecule has 7 nitrogen and oxygen atoms in total. The first-order valence-corrected chi connectivity index (χ1v) is 12.2. The first-order chi connectivity index (χ1) is 17.6. The Morgan fingerprint density at radius 3 is 2.53 bits per heavy atom. The zero-order chi connectivity index (χ0) is 24.9. The second kappa shape index (κ2) is 10.6. The monoisotopic (exact) mass is 497 g/mol. The molecule has 1 saturated heterocycles. The quantitative estimate of drug-likeness (QED) is 0.338. The molecule has 2 N–H and O–H groups in total. The number of para-hydroxylation sites is 1. The number of pyridine rings is 1. The molecule has 3 heterocycles. The lowest BCUT2D eigenvalue weighted by Gasteiger charge is -2.29. The standard InChI is InChI=1S/C28H27N5O2S/c1-35-22-14-12-21(13-15-22)32-18-7-11-24(32)27-26(23-10-5-6-17-29-23)31-28(36)33(27)19-16-25(34)30-20-8-3-2-4-9-20/h2-15,17-18,26-27H,16,19H2,1H3,(H,30,34)(H,31,36). The zero-order valence-electron chi connectivity index (χ0n) is 19.9. The predicted octanol–water partition coefficient (Wildman–Crippen LogP) is 4.88. The van der Waals surface area contributed by atoms with Crippen LogP contribution in [0.1, 0.15) is 29.9 Å². The van der Waals surface area contributed by atoms with E-state index in [1.807, 2.05) is 85.1 Å². The second-order valence-electron chi connectivity index (χ2n) is 8.49. The average Bonchev–Trinajstić information content (AvgIpc) is 3.52. The van der Waals surface area contributed by atoms with Crippen molar-refractivity contribution < 1.29 is 9.53 Å². The van der Waals surface area contributed by atoms with Gasteiger partial charge in [0.25, 0.3) is 0 Å². The van der Waals surface area contributed by atoms with E-state index in [4.69, 9.17) is 17.0 Å². The molecule has 2 unspecified atom stereocenters. The molecule has 5 rings (SSSR count). The fraction of sp³-hybridized carbons (Fsp3) is 0.179. The number of thiocarbonyl (C=S) groups is 1. The highest BCUT2D eigenvalue weighted by Crippen LogP contribution is 2.39.